The van der Waals surface area contributed by atoms with E-state index in [9.17, 15) is 0 Å². The molecule has 0 bridgehead atoms. The molecule has 1 rings (SSSR count). The largest absolute Gasteiger partial charge is 0.383 e. The van der Waals surface area contributed by atoms with E-state index >= 15 is 0 Å². The van der Waals surface area contributed by atoms with Gasteiger partial charge >= 0.3 is 0 Å². The van der Waals surface area contributed by atoms with Gasteiger partial charge in [0.25, 0.3) is 0 Å². The molecule has 1 N–H and O–H groups in total. The standard InChI is InChI=1S/C11H24N2O/c1-4-10(9-12-2)13(7-8-14-3)11-5-6-11/h10-12H,4-9H2,1-3H3. The highest BCUT2D eigenvalue weighted by atomic mass is 16.5. The topological polar surface area (TPSA) is 24.5 Å². The number of methoxy groups -OCH3 is 1. The lowest BCUT2D eigenvalue weighted by molar-refractivity contribution is 0.111. The van der Waals surface area contributed by atoms with Crippen LogP contribution in [0.3, 0.4) is 0 Å². The summed E-state index contributed by atoms with van der Waals surface area (Å²) in [6.45, 7) is 5.30. The van der Waals surface area contributed by atoms with Gasteiger partial charge in [0, 0.05) is 32.3 Å². The monoisotopic (exact) mass is 200 g/mol. The van der Waals surface area contributed by atoms with Gasteiger partial charge in [0.2, 0.25) is 0 Å². The molecule has 0 radical (unpaired) electrons. The second-order valence-electron chi connectivity index (χ2n) is 4.08. The lowest BCUT2D eigenvalue weighted by Crippen LogP contribution is -2.44. The molecule has 0 saturated heterocycles. The van der Waals surface area contributed by atoms with Crippen molar-refractivity contribution in [1.82, 2.24) is 10.2 Å². The smallest absolute Gasteiger partial charge is 0.0589 e. The van der Waals surface area contributed by atoms with Crippen LogP contribution in [0.4, 0.5) is 0 Å². The van der Waals surface area contributed by atoms with Crippen molar-refractivity contribution in [3.05, 3.63) is 0 Å². The van der Waals surface area contributed by atoms with Gasteiger partial charge in [0.1, 0.15) is 0 Å². The quantitative estimate of drug-likeness (QED) is 0.635. The summed E-state index contributed by atoms with van der Waals surface area (Å²) in [4.78, 5) is 2.61. The van der Waals surface area contributed by atoms with E-state index in [-0.39, 0.29) is 0 Å². The Balaban J connectivity index is 2.37. The first kappa shape index (κ1) is 12.0. The Bertz CT molecular complexity index is 148. The van der Waals surface area contributed by atoms with Crippen LogP contribution >= 0.6 is 0 Å². The number of nitrogens with zero attached hydrogens (tertiary/aromatic N) is 1. The van der Waals surface area contributed by atoms with Gasteiger partial charge in [-0.25, -0.2) is 0 Å². The van der Waals surface area contributed by atoms with E-state index < -0.39 is 0 Å². The molecule has 0 aromatic rings. The van der Waals surface area contributed by atoms with Gasteiger partial charge in [-0.05, 0) is 26.3 Å². The maximum absolute atomic E-state index is 5.16. The van der Waals surface area contributed by atoms with Crippen molar-refractivity contribution >= 4 is 0 Å². The van der Waals surface area contributed by atoms with Crippen LogP contribution in [0.5, 0.6) is 0 Å². The highest BCUT2D eigenvalue weighted by Gasteiger charge is 2.32. The van der Waals surface area contributed by atoms with Crippen molar-refractivity contribution in [3.8, 4) is 0 Å². The SMILES string of the molecule is CCC(CNC)N(CCOC)C1CC1. The van der Waals surface area contributed by atoms with Crippen LogP contribution < -0.4 is 5.32 Å². The summed E-state index contributed by atoms with van der Waals surface area (Å²) in [5.74, 6) is 0. The summed E-state index contributed by atoms with van der Waals surface area (Å²) < 4.78 is 5.16. The Morgan fingerprint density at radius 3 is 2.64 bits per heavy atom. The van der Waals surface area contributed by atoms with Gasteiger partial charge in [0.05, 0.1) is 6.61 Å². The molecule has 1 aliphatic rings. The third-order valence-corrected chi connectivity index (χ3v) is 2.95. The van der Waals surface area contributed by atoms with Crippen molar-refractivity contribution in [2.24, 2.45) is 0 Å². The molecule has 0 aromatic carbocycles. The average Bonchev–Trinajstić information content (AvgIpc) is 3.00. The van der Waals surface area contributed by atoms with Gasteiger partial charge < -0.3 is 10.1 Å². The number of nitrogens with one attached hydrogen (secondary N) is 1. The fourth-order valence-electron chi connectivity index (χ4n) is 2.00. The number of hydrogen-bond acceptors (Lipinski definition) is 3. The van der Waals surface area contributed by atoms with Crippen LogP contribution in [-0.4, -0.2) is 50.8 Å². The second kappa shape index (κ2) is 6.38. The number of rotatable bonds is 8. The van der Waals surface area contributed by atoms with E-state index in [1.54, 1.807) is 7.11 Å². The molecular weight excluding hydrogens is 176 g/mol. The molecule has 0 aromatic heterocycles. The van der Waals surface area contributed by atoms with Gasteiger partial charge in [-0.2, -0.15) is 0 Å². The molecule has 1 saturated carbocycles. The molecule has 0 amide bonds. The van der Waals surface area contributed by atoms with E-state index in [1.807, 2.05) is 7.05 Å². The summed E-state index contributed by atoms with van der Waals surface area (Å²) in [6.07, 6.45) is 3.98. The molecule has 3 heteroatoms. The van der Waals surface area contributed by atoms with Gasteiger partial charge in [-0.15, -0.1) is 0 Å². The summed E-state index contributed by atoms with van der Waals surface area (Å²) in [7, 11) is 3.81. The minimum atomic E-state index is 0.683. The van der Waals surface area contributed by atoms with E-state index in [2.05, 4.69) is 17.1 Å². The van der Waals surface area contributed by atoms with Crippen molar-refractivity contribution < 1.29 is 4.74 Å². The lowest BCUT2D eigenvalue weighted by Gasteiger charge is -2.30. The maximum atomic E-state index is 5.16. The third kappa shape index (κ3) is 3.56. The number of likely N-dealkylation sites (N-methyl/N-ethyl adjacent to an activating group) is 1. The predicted octanol–water partition coefficient (Wildman–Crippen LogP) is 1.10. The van der Waals surface area contributed by atoms with Crippen LogP contribution in [0, 0.1) is 0 Å². The van der Waals surface area contributed by atoms with Crippen LogP contribution in [0.25, 0.3) is 0 Å². The zero-order valence-corrected chi connectivity index (χ0v) is 9.75. The van der Waals surface area contributed by atoms with Gasteiger partial charge in [-0.3, -0.25) is 4.90 Å². The molecule has 0 spiro atoms. The van der Waals surface area contributed by atoms with Crippen LogP contribution in [0.1, 0.15) is 26.2 Å². The van der Waals surface area contributed by atoms with E-state index in [0.29, 0.717) is 6.04 Å². The summed E-state index contributed by atoms with van der Waals surface area (Å²) >= 11 is 0. The zero-order chi connectivity index (χ0) is 10.4. The zero-order valence-electron chi connectivity index (χ0n) is 9.75. The van der Waals surface area contributed by atoms with Gasteiger partial charge in [0.15, 0.2) is 0 Å². The van der Waals surface area contributed by atoms with Crippen molar-refractivity contribution in [1.29, 1.82) is 0 Å². The maximum Gasteiger partial charge on any atom is 0.0589 e. The number of hydrogen-bond donors (Lipinski definition) is 1. The van der Waals surface area contributed by atoms with Gasteiger partial charge in [-0.1, -0.05) is 6.92 Å². The van der Waals surface area contributed by atoms with Crippen LogP contribution in [0.2, 0.25) is 0 Å². The highest BCUT2D eigenvalue weighted by Crippen LogP contribution is 2.28. The first-order chi connectivity index (χ1) is 6.83. The predicted molar refractivity (Wildman–Crippen MR) is 59.6 cm³/mol. The lowest BCUT2D eigenvalue weighted by atomic mass is 10.2. The van der Waals surface area contributed by atoms with Crippen LogP contribution in [0.15, 0.2) is 0 Å². The van der Waals surface area contributed by atoms with Crippen molar-refractivity contribution in [3.63, 3.8) is 0 Å². The minimum Gasteiger partial charge on any atom is -0.383 e. The third-order valence-electron chi connectivity index (χ3n) is 2.95. The molecule has 14 heavy (non-hydrogen) atoms. The van der Waals surface area contributed by atoms with Crippen molar-refractivity contribution in [2.45, 2.75) is 38.3 Å². The fourth-order valence-corrected chi connectivity index (χ4v) is 2.00. The molecule has 1 unspecified atom stereocenters. The molecular formula is C11H24N2O. The Morgan fingerprint density at radius 2 is 2.21 bits per heavy atom. The Kier molecular flexibility index (Phi) is 5.45. The Labute approximate surface area is 87.8 Å². The fraction of sp³-hybridized carbons (Fsp3) is 1.00. The summed E-state index contributed by atoms with van der Waals surface area (Å²) in [6, 6.07) is 1.52. The molecule has 1 atom stereocenters. The molecule has 1 fully saturated rings. The molecule has 3 nitrogen and oxygen atoms in total. The first-order valence-electron chi connectivity index (χ1n) is 5.72. The second-order valence-corrected chi connectivity index (χ2v) is 4.08. The van der Waals surface area contributed by atoms with Crippen LogP contribution in [-0.2, 0) is 4.74 Å². The summed E-state index contributed by atoms with van der Waals surface area (Å²) in [5.41, 5.74) is 0. The van der Waals surface area contributed by atoms with Crippen molar-refractivity contribution in [2.75, 3.05) is 33.9 Å². The summed E-state index contributed by atoms with van der Waals surface area (Å²) in [5, 5.41) is 3.28. The molecule has 84 valence electrons. The minimum absolute atomic E-state index is 0.683. The molecule has 0 aliphatic heterocycles. The average molecular weight is 200 g/mol. The number of ether oxygens (including phenoxy) is 1. The Morgan fingerprint density at radius 1 is 1.50 bits per heavy atom. The molecule has 0 heterocycles. The first-order valence-corrected chi connectivity index (χ1v) is 5.72. The normalized spacial score (nSPS) is 18.9. The van der Waals surface area contributed by atoms with E-state index in [1.165, 1.54) is 19.3 Å². The molecule has 1 aliphatic carbocycles. The highest BCUT2D eigenvalue weighted by molar-refractivity contribution is 4.88. The Hall–Kier alpha value is -0.120. The van der Waals surface area contributed by atoms with E-state index in [4.69, 9.17) is 4.74 Å². The van der Waals surface area contributed by atoms with E-state index in [0.717, 1.165) is 25.7 Å².